The van der Waals surface area contributed by atoms with Crippen molar-refractivity contribution in [2.24, 2.45) is 5.16 Å². The molecule has 1 saturated heterocycles. The summed E-state index contributed by atoms with van der Waals surface area (Å²) in [6.45, 7) is 11.6. The molecule has 1 N–H and O–H groups in total. The summed E-state index contributed by atoms with van der Waals surface area (Å²) in [4.78, 5) is 5.09. The zero-order chi connectivity index (χ0) is 13.9. The maximum absolute atomic E-state index is 8.72. The quantitative estimate of drug-likeness (QED) is 0.397. The second kappa shape index (κ2) is 10.2. The number of likely N-dealkylation sites (tertiary alicyclic amines) is 1. The molecule has 4 heteroatoms. The van der Waals surface area contributed by atoms with Crippen molar-refractivity contribution < 1.29 is 5.21 Å². The van der Waals surface area contributed by atoms with Gasteiger partial charge in [0.05, 0.1) is 5.71 Å². The van der Waals surface area contributed by atoms with Crippen LogP contribution in [0.2, 0.25) is 0 Å². The molecule has 4 nitrogen and oxygen atoms in total. The van der Waals surface area contributed by atoms with Gasteiger partial charge in [0, 0.05) is 25.9 Å². The van der Waals surface area contributed by atoms with Crippen LogP contribution in [0.5, 0.6) is 0 Å². The summed E-state index contributed by atoms with van der Waals surface area (Å²) in [5.41, 5.74) is 0.966. The van der Waals surface area contributed by atoms with Crippen LogP contribution in [0.1, 0.15) is 52.4 Å². The Morgan fingerprint density at radius 3 is 2.21 bits per heavy atom. The zero-order valence-corrected chi connectivity index (χ0v) is 12.8. The summed E-state index contributed by atoms with van der Waals surface area (Å²) < 4.78 is 0. The van der Waals surface area contributed by atoms with Crippen molar-refractivity contribution >= 4 is 5.71 Å². The molecule has 1 aliphatic rings. The highest BCUT2D eigenvalue weighted by atomic mass is 16.4. The van der Waals surface area contributed by atoms with Crippen LogP contribution in [0.25, 0.3) is 0 Å². The van der Waals surface area contributed by atoms with Crippen LogP contribution in [0.3, 0.4) is 0 Å². The first-order valence-electron chi connectivity index (χ1n) is 7.94. The van der Waals surface area contributed by atoms with Gasteiger partial charge < -0.3 is 15.0 Å². The van der Waals surface area contributed by atoms with E-state index in [1.165, 1.54) is 51.9 Å². The summed E-state index contributed by atoms with van der Waals surface area (Å²) in [6.07, 6.45) is 6.99. The molecule has 1 aliphatic heterocycles. The van der Waals surface area contributed by atoms with Crippen LogP contribution >= 0.6 is 0 Å². The van der Waals surface area contributed by atoms with Gasteiger partial charge in [0.25, 0.3) is 0 Å². The lowest BCUT2D eigenvalue weighted by molar-refractivity contribution is 0.237. The lowest BCUT2D eigenvalue weighted by Crippen LogP contribution is -2.35. The van der Waals surface area contributed by atoms with Gasteiger partial charge in [-0.05, 0) is 51.9 Å². The first-order valence-corrected chi connectivity index (χ1v) is 7.94. The molecular weight excluding hydrogens is 238 g/mol. The maximum atomic E-state index is 8.72. The summed E-state index contributed by atoms with van der Waals surface area (Å²) >= 11 is 0. The molecule has 1 heterocycles. The molecule has 0 aliphatic carbocycles. The highest BCUT2D eigenvalue weighted by molar-refractivity contribution is 5.84. The van der Waals surface area contributed by atoms with Crippen LogP contribution in [0, 0.1) is 0 Å². The number of hydrogen-bond acceptors (Lipinski definition) is 4. The number of piperidine rings is 1. The van der Waals surface area contributed by atoms with E-state index in [0.29, 0.717) is 0 Å². The number of oxime groups is 1. The molecule has 0 aromatic heterocycles. The van der Waals surface area contributed by atoms with Gasteiger partial charge in [-0.15, -0.1) is 0 Å². The Kier molecular flexibility index (Phi) is 8.84. The van der Waals surface area contributed by atoms with Gasteiger partial charge in [-0.1, -0.05) is 19.0 Å². The molecule has 1 fully saturated rings. The van der Waals surface area contributed by atoms with Gasteiger partial charge in [-0.25, -0.2) is 0 Å². The molecule has 0 saturated carbocycles. The van der Waals surface area contributed by atoms with Crippen LogP contribution < -0.4 is 0 Å². The molecule has 0 aromatic rings. The van der Waals surface area contributed by atoms with Crippen molar-refractivity contribution in [3.05, 3.63) is 0 Å². The lowest BCUT2D eigenvalue weighted by Gasteiger charge is -2.27. The lowest BCUT2D eigenvalue weighted by atomic mass is 10.1. The van der Waals surface area contributed by atoms with Gasteiger partial charge in [0.1, 0.15) is 0 Å². The van der Waals surface area contributed by atoms with E-state index in [4.69, 9.17) is 5.21 Å². The fourth-order valence-corrected chi connectivity index (χ4v) is 2.77. The van der Waals surface area contributed by atoms with Crippen molar-refractivity contribution in [1.29, 1.82) is 0 Å². The van der Waals surface area contributed by atoms with Gasteiger partial charge >= 0.3 is 0 Å². The number of hydrogen-bond donors (Lipinski definition) is 1. The first-order chi connectivity index (χ1) is 9.30. The van der Waals surface area contributed by atoms with E-state index in [9.17, 15) is 0 Å². The third kappa shape index (κ3) is 6.92. The molecule has 0 atom stereocenters. The molecular formula is C15H31N3O. The Morgan fingerprint density at radius 1 is 1.05 bits per heavy atom. The van der Waals surface area contributed by atoms with Crippen LogP contribution in [-0.2, 0) is 0 Å². The summed E-state index contributed by atoms with van der Waals surface area (Å²) in [7, 11) is 0. The Balaban J connectivity index is 2.06. The number of unbranched alkanes of at least 4 members (excludes halogenated alkanes) is 1. The largest absolute Gasteiger partial charge is 0.411 e. The normalized spacial score (nSPS) is 17.1. The van der Waals surface area contributed by atoms with Crippen LogP contribution in [0.15, 0.2) is 5.16 Å². The van der Waals surface area contributed by atoms with Crippen molar-refractivity contribution in [3.8, 4) is 0 Å². The third-order valence-electron chi connectivity index (χ3n) is 3.85. The van der Waals surface area contributed by atoms with Crippen molar-refractivity contribution in [2.45, 2.75) is 52.4 Å². The van der Waals surface area contributed by atoms with E-state index in [1.54, 1.807) is 0 Å². The SMILES string of the molecule is CCCN(CCC)CCCCN1CCC(=NO)CC1. The third-order valence-corrected chi connectivity index (χ3v) is 3.85. The smallest absolute Gasteiger partial charge is 0.0596 e. The predicted octanol–water partition coefficient (Wildman–Crippen LogP) is 2.81. The van der Waals surface area contributed by atoms with Gasteiger partial charge in [-0.3, -0.25) is 0 Å². The molecule has 0 amide bonds. The fourth-order valence-electron chi connectivity index (χ4n) is 2.77. The van der Waals surface area contributed by atoms with E-state index in [0.717, 1.165) is 31.6 Å². The molecule has 0 spiro atoms. The van der Waals surface area contributed by atoms with Gasteiger partial charge in [0.15, 0.2) is 0 Å². The molecule has 1 rings (SSSR count). The average molecular weight is 269 g/mol. The number of nitrogens with zero attached hydrogens (tertiary/aromatic N) is 3. The van der Waals surface area contributed by atoms with Gasteiger partial charge in [-0.2, -0.15) is 0 Å². The van der Waals surface area contributed by atoms with E-state index < -0.39 is 0 Å². The second-order valence-electron chi connectivity index (χ2n) is 5.56. The minimum absolute atomic E-state index is 0.939. The Morgan fingerprint density at radius 2 is 1.68 bits per heavy atom. The minimum atomic E-state index is 0.939. The Bertz CT molecular complexity index is 240. The summed E-state index contributed by atoms with van der Waals surface area (Å²) in [5, 5.41) is 12.0. The molecule has 112 valence electrons. The van der Waals surface area contributed by atoms with E-state index in [1.807, 2.05) is 0 Å². The van der Waals surface area contributed by atoms with Crippen molar-refractivity contribution in [2.75, 3.05) is 39.3 Å². The van der Waals surface area contributed by atoms with Crippen molar-refractivity contribution in [3.63, 3.8) is 0 Å². The van der Waals surface area contributed by atoms with Gasteiger partial charge in [0.2, 0.25) is 0 Å². The predicted molar refractivity (Wildman–Crippen MR) is 81.2 cm³/mol. The summed E-state index contributed by atoms with van der Waals surface area (Å²) in [6, 6.07) is 0. The maximum Gasteiger partial charge on any atom is 0.0596 e. The molecule has 0 unspecified atom stereocenters. The molecule has 0 aromatic carbocycles. The van der Waals surface area contributed by atoms with E-state index in [-0.39, 0.29) is 0 Å². The highest BCUT2D eigenvalue weighted by Crippen LogP contribution is 2.08. The Labute approximate surface area is 118 Å². The van der Waals surface area contributed by atoms with Crippen LogP contribution in [0.4, 0.5) is 0 Å². The minimum Gasteiger partial charge on any atom is -0.411 e. The van der Waals surface area contributed by atoms with E-state index in [2.05, 4.69) is 28.8 Å². The standard InChI is InChI=1S/C15H31N3O/c1-3-9-17(10-4-2)11-5-6-12-18-13-7-15(16-19)8-14-18/h19H,3-14H2,1-2H3. The molecule has 0 bridgehead atoms. The fraction of sp³-hybridized carbons (Fsp3) is 0.933. The summed E-state index contributed by atoms with van der Waals surface area (Å²) in [5.74, 6) is 0. The Hall–Kier alpha value is -0.610. The molecule has 0 radical (unpaired) electrons. The average Bonchev–Trinajstić information content (AvgIpc) is 2.44. The van der Waals surface area contributed by atoms with E-state index >= 15 is 0 Å². The highest BCUT2D eigenvalue weighted by Gasteiger charge is 2.14. The van der Waals surface area contributed by atoms with Crippen molar-refractivity contribution in [1.82, 2.24) is 9.80 Å². The second-order valence-corrected chi connectivity index (χ2v) is 5.56. The monoisotopic (exact) mass is 269 g/mol. The topological polar surface area (TPSA) is 39.1 Å². The molecule has 19 heavy (non-hydrogen) atoms. The number of rotatable bonds is 9. The zero-order valence-electron chi connectivity index (χ0n) is 12.8. The first kappa shape index (κ1) is 16.4. The van der Waals surface area contributed by atoms with Crippen LogP contribution in [-0.4, -0.2) is 60.0 Å².